The molecule has 3 fully saturated rings. The number of allylic oxidation sites excluding steroid dienone is 1. The highest BCUT2D eigenvalue weighted by Crippen LogP contribution is 2.48. The smallest absolute Gasteiger partial charge is 0.322 e. The van der Waals surface area contributed by atoms with Crippen LogP contribution in [0.15, 0.2) is 35.9 Å². The second-order valence-electron chi connectivity index (χ2n) is 7.30. The Morgan fingerprint density at radius 2 is 1.88 bits per heavy atom. The van der Waals surface area contributed by atoms with Crippen LogP contribution in [0.1, 0.15) is 38.2 Å². The van der Waals surface area contributed by atoms with Gasteiger partial charge in [0.2, 0.25) is 5.91 Å². The van der Waals surface area contributed by atoms with Crippen molar-refractivity contribution in [3.05, 3.63) is 41.5 Å². The molecule has 2 aliphatic carbocycles. The number of urea groups is 1. The lowest BCUT2D eigenvalue weighted by Gasteiger charge is -2.21. The molecule has 3 aliphatic rings. The van der Waals surface area contributed by atoms with Crippen LogP contribution in [0.4, 0.5) is 10.5 Å². The number of benzene rings is 1. The third-order valence-corrected chi connectivity index (χ3v) is 5.15. The number of anilines is 1. The highest BCUT2D eigenvalue weighted by molar-refractivity contribution is 6.07. The van der Waals surface area contributed by atoms with Gasteiger partial charge in [-0.1, -0.05) is 17.7 Å². The van der Waals surface area contributed by atoms with Gasteiger partial charge in [-0.05, 0) is 62.1 Å². The van der Waals surface area contributed by atoms with Crippen molar-refractivity contribution in [2.75, 3.05) is 5.32 Å². The summed E-state index contributed by atoms with van der Waals surface area (Å²) in [6, 6.07) is 6.52. The lowest BCUT2D eigenvalue weighted by atomic mass is 9.92. The minimum atomic E-state index is -1.12. The number of amides is 4. The molecule has 25 heavy (non-hydrogen) atoms. The summed E-state index contributed by atoms with van der Waals surface area (Å²) < 4.78 is 0. The van der Waals surface area contributed by atoms with Crippen molar-refractivity contribution in [2.45, 2.75) is 38.1 Å². The van der Waals surface area contributed by atoms with Gasteiger partial charge < -0.3 is 10.6 Å². The summed E-state index contributed by atoms with van der Waals surface area (Å²) in [5.41, 5.74) is 1.41. The minimum absolute atomic E-state index is 0.129. The molecule has 4 amide bonds. The van der Waals surface area contributed by atoms with E-state index in [1.807, 2.05) is 0 Å². The highest BCUT2D eigenvalue weighted by atomic mass is 16.2. The standard InChI is InChI=1S/C19H21N3O3/c1-19(17(24)21-18(25)22-19)13-3-2-4-14(9-13)20-16(23)10-15(11-5-6-11)12-7-8-12/h2-4,9-12H,5-8H2,1H3,(H,20,23)(H2,21,22,24,25)/t19-/m1/s1. The summed E-state index contributed by atoms with van der Waals surface area (Å²) in [6.45, 7) is 1.65. The summed E-state index contributed by atoms with van der Waals surface area (Å²) >= 11 is 0. The fourth-order valence-electron chi connectivity index (χ4n) is 3.39. The van der Waals surface area contributed by atoms with E-state index in [4.69, 9.17) is 0 Å². The van der Waals surface area contributed by atoms with E-state index in [0.29, 0.717) is 23.1 Å². The summed E-state index contributed by atoms with van der Waals surface area (Å²) in [6.07, 6.45) is 6.53. The van der Waals surface area contributed by atoms with Crippen molar-refractivity contribution < 1.29 is 14.4 Å². The molecule has 1 saturated heterocycles. The minimum Gasteiger partial charge on any atom is -0.323 e. The van der Waals surface area contributed by atoms with Crippen LogP contribution in [0.3, 0.4) is 0 Å². The van der Waals surface area contributed by atoms with E-state index in [1.165, 1.54) is 31.3 Å². The van der Waals surface area contributed by atoms with E-state index in [9.17, 15) is 14.4 Å². The number of imide groups is 1. The number of hydrogen-bond acceptors (Lipinski definition) is 3. The van der Waals surface area contributed by atoms with Crippen LogP contribution >= 0.6 is 0 Å². The summed E-state index contributed by atoms with van der Waals surface area (Å²) in [5.74, 6) is 0.670. The summed E-state index contributed by atoms with van der Waals surface area (Å²) in [7, 11) is 0. The van der Waals surface area contributed by atoms with Gasteiger partial charge in [-0.3, -0.25) is 14.9 Å². The lowest BCUT2D eigenvalue weighted by Crippen LogP contribution is -2.40. The Morgan fingerprint density at radius 1 is 1.20 bits per heavy atom. The van der Waals surface area contributed by atoms with Gasteiger partial charge in [0.15, 0.2) is 0 Å². The molecular formula is C19H21N3O3. The maximum Gasteiger partial charge on any atom is 0.322 e. The van der Waals surface area contributed by atoms with Crippen molar-refractivity contribution in [3.63, 3.8) is 0 Å². The zero-order valence-corrected chi connectivity index (χ0v) is 14.1. The third-order valence-electron chi connectivity index (χ3n) is 5.15. The molecule has 1 aliphatic heterocycles. The first-order chi connectivity index (χ1) is 12.0. The zero-order valence-electron chi connectivity index (χ0n) is 14.1. The Morgan fingerprint density at radius 3 is 2.44 bits per heavy atom. The number of carbonyl (C=O) groups is 3. The Kier molecular flexibility index (Phi) is 3.63. The maximum atomic E-state index is 12.4. The van der Waals surface area contributed by atoms with E-state index >= 15 is 0 Å². The number of rotatable bonds is 5. The fraction of sp³-hybridized carbons (Fsp3) is 0.421. The van der Waals surface area contributed by atoms with E-state index < -0.39 is 17.5 Å². The van der Waals surface area contributed by atoms with Crippen molar-refractivity contribution >= 4 is 23.5 Å². The molecule has 2 saturated carbocycles. The topological polar surface area (TPSA) is 87.3 Å². The molecule has 3 N–H and O–H groups in total. The first-order valence-electron chi connectivity index (χ1n) is 8.72. The average molecular weight is 339 g/mol. The predicted molar refractivity (Wildman–Crippen MR) is 92.6 cm³/mol. The molecule has 0 bridgehead atoms. The van der Waals surface area contributed by atoms with Crippen molar-refractivity contribution in [3.8, 4) is 0 Å². The molecule has 130 valence electrons. The van der Waals surface area contributed by atoms with Crippen LogP contribution in [-0.2, 0) is 15.1 Å². The van der Waals surface area contributed by atoms with Crippen LogP contribution in [-0.4, -0.2) is 17.8 Å². The second kappa shape index (κ2) is 5.72. The molecule has 0 radical (unpaired) electrons. The third kappa shape index (κ3) is 3.16. The van der Waals surface area contributed by atoms with Crippen molar-refractivity contribution in [1.82, 2.24) is 10.6 Å². The zero-order chi connectivity index (χ0) is 17.6. The molecule has 1 heterocycles. The van der Waals surface area contributed by atoms with Crippen LogP contribution in [0.2, 0.25) is 0 Å². The van der Waals surface area contributed by atoms with Gasteiger partial charge in [0.1, 0.15) is 5.54 Å². The normalized spacial score (nSPS) is 25.2. The maximum absolute atomic E-state index is 12.4. The molecule has 1 aromatic rings. The highest BCUT2D eigenvalue weighted by Gasteiger charge is 2.43. The second-order valence-corrected chi connectivity index (χ2v) is 7.30. The number of carbonyl (C=O) groups excluding carboxylic acids is 3. The van der Waals surface area contributed by atoms with Gasteiger partial charge >= 0.3 is 6.03 Å². The number of nitrogens with one attached hydrogen (secondary N) is 3. The van der Waals surface area contributed by atoms with Gasteiger partial charge in [-0.15, -0.1) is 0 Å². The Labute approximate surface area is 146 Å². The van der Waals surface area contributed by atoms with E-state index in [0.717, 1.165) is 0 Å². The molecule has 6 heteroatoms. The van der Waals surface area contributed by atoms with Crippen LogP contribution in [0.25, 0.3) is 0 Å². The van der Waals surface area contributed by atoms with Crippen LogP contribution in [0.5, 0.6) is 0 Å². The SMILES string of the molecule is C[C@]1(c2cccc(NC(=O)C=C(C3CC3)C3CC3)c2)NC(=O)NC1=O. The average Bonchev–Trinajstić information content (AvgIpc) is 3.46. The monoisotopic (exact) mass is 339 g/mol. The van der Waals surface area contributed by atoms with Gasteiger partial charge in [-0.2, -0.15) is 0 Å². The van der Waals surface area contributed by atoms with Crippen molar-refractivity contribution in [1.29, 1.82) is 0 Å². The molecule has 1 atom stereocenters. The van der Waals surface area contributed by atoms with Crippen LogP contribution in [0, 0.1) is 11.8 Å². The lowest BCUT2D eigenvalue weighted by molar-refractivity contribution is -0.123. The van der Waals surface area contributed by atoms with Crippen LogP contribution < -0.4 is 16.0 Å². The molecule has 4 rings (SSSR count). The molecule has 6 nitrogen and oxygen atoms in total. The van der Waals surface area contributed by atoms with Gasteiger partial charge in [0.05, 0.1) is 0 Å². The molecular weight excluding hydrogens is 318 g/mol. The van der Waals surface area contributed by atoms with E-state index in [-0.39, 0.29) is 5.91 Å². The van der Waals surface area contributed by atoms with E-state index in [1.54, 1.807) is 37.3 Å². The predicted octanol–water partition coefficient (Wildman–Crippen LogP) is 2.43. The van der Waals surface area contributed by atoms with Gasteiger partial charge in [-0.25, -0.2) is 4.79 Å². The Balaban J connectivity index is 1.52. The first-order valence-corrected chi connectivity index (χ1v) is 8.72. The van der Waals surface area contributed by atoms with Gasteiger partial charge in [0.25, 0.3) is 5.91 Å². The fourth-order valence-corrected chi connectivity index (χ4v) is 3.39. The quantitative estimate of drug-likeness (QED) is 0.569. The summed E-state index contributed by atoms with van der Waals surface area (Å²) in [5, 5.41) is 7.76. The van der Waals surface area contributed by atoms with E-state index in [2.05, 4.69) is 16.0 Å². The van der Waals surface area contributed by atoms with Crippen molar-refractivity contribution in [2.24, 2.45) is 11.8 Å². The Bertz CT molecular complexity index is 779. The molecule has 1 aromatic carbocycles. The molecule has 0 aromatic heterocycles. The number of hydrogen-bond donors (Lipinski definition) is 3. The first kappa shape index (κ1) is 15.9. The summed E-state index contributed by atoms with van der Waals surface area (Å²) in [4.78, 5) is 35.9. The molecule has 0 unspecified atom stereocenters. The molecule has 0 spiro atoms. The van der Waals surface area contributed by atoms with Gasteiger partial charge in [0, 0.05) is 11.8 Å². The Hall–Kier alpha value is -2.63. The largest absolute Gasteiger partial charge is 0.323 e.